The number of nitrogens with one attached hydrogen (secondary N) is 1. The Morgan fingerprint density at radius 1 is 1.21 bits per heavy atom. The van der Waals surface area contributed by atoms with E-state index in [0.717, 1.165) is 19.6 Å². The molecule has 1 aromatic carbocycles. The van der Waals surface area contributed by atoms with Gasteiger partial charge < -0.3 is 15.1 Å². The smallest absolute Gasteiger partial charge is 0.0541 e. The number of aryl methyl sites for hydroxylation is 2. The Morgan fingerprint density at radius 3 is 2.53 bits per heavy atom. The highest BCUT2D eigenvalue weighted by Crippen LogP contribution is 2.27. The summed E-state index contributed by atoms with van der Waals surface area (Å²) >= 11 is 0. The van der Waals surface area contributed by atoms with Crippen LogP contribution in [0.3, 0.4) is 0 Å². The Kier molecular flexibility index (Phi) is 4.83. The third-order valence-corrected chi connectivity index (χ3v) is 4.07. The van der Waals surface area contributed by atoms with E-state index in [1.807, 2.05) is 7.05 Å². The second kappa shape index (κ2) is 6.40. The summed E-state index contributed by atoms with van der Waals surface area (Å²) in [6.45, 7) is 8.98. The van der Waals surface area contributed by atoms with Crippen molar-refractivity contribution in [3.8, 4) is 0 Å². The van der Waals surface area contributed by atoms with Crippen molar-refractivity contribution in [2.24, 2.45) is 0 Å². The first-order valence-corrected chi connectivity index (χ1v) is 7.29. The van der Waals surface area contributed by atoms with Gasteiger partial charge in [-0.2, -0.15) is 0 Å². The standard InChI is InChI=1S/C16H27N3/c1-13-7-5-8-14(2)16(13)19-10-6-9-18(4)12-15(19)11-17-3/h5,7-8,15,17H,6,9-12H2,1-4H3. The van der Waals surface area contributed by atoms with Crippen LogP contribution >= 0.6 is 0 Å². The predicted molar refractivity (Wildman–Crippen MR) is 83.1 cm³/mol. The Morgan fingerprint density at radius 2 is 1.89 bits per heavy atom. The van der Waals surface area contributed by atoms with E-state index in [0.29, 0.717) is 6.04 Å². The van der Waals surface area contributed by atoms with Gasteiger partial charge in [-0.25, -0.2) is 0 Å². The summed E-state index contributed by atoms with van der Waals surface area (Å²) in [6, 6.07) is 7.17. The van der Waals surface area contributed by atoms with Crippen LogP contribution in [-0.4, -0.2) is 51.2 Å². The summed E-state index contributed by atoms with van der Waals surface area (Å²) in [5, 5.41) is 3.36. The molecule has 1 aromatic rings. The van der Waals surface area contributed by atoms with Crippen LogP contribution in [0, 0.1) is 13.8 Å². The van der Waals surface area contributed by atoms with Gasteiger partial charge in [-0.15, -0.1) is 0 Å². The highest BCUT2D eigenvalue weighted by molar-refractivity contribution is 5.59. The van der Waals surface area contributed by atoms with E-state index in [2.05, 4.69) is 54.2 Å². The molecule has 0 aromatic heterocycles. The Balaban J connectivity index is 2.33. The molecule has 19 heavy (non-hydrogen) atoms. The number of likely N-dealkylation sites (N-methyl/N-ethyl adjacent to an activating group) is 2. The van der Waals surface area contributed by atoms with Crippen LogP contribution in [0.2, 0.25) is 0 Å². The first kappa shape index (κ1) is 14.4. The monoisotopic (exact) mass is 261 g/mol. The molecule has 1 N–H and O–H groups in total. The maximum absolute atomic E-state index is 3.36. The fraction of sp³-hybridized carbons (Fsp3) is 0.625. The fourth-order valence-corrected chi connectivity index (χ4v) is 3.21. The lowest BCUT2D eigenvalue weighted by Crippen LogP contribution is -2.46. The average Bonchev–Trinajstić information content (AvgIpc) is 2.52. The molecule has 2 rings (SSSR count). The van der Waals surface area contributed by atoms with E-state index in [9.17, 15) is 0 Å². The molecule has 0 radical (unpaired) electrons. The largest absolute Gasteiger partial charge is 0.366 e. The minimum absolute atomic E-state index is 0.553. The molecule has 0 spiro atoms. The molecule has 0 aliphatic carbocycles. The van der Waals surface area contributed by atoms with Crippen LogP contribution < -0.4 is 10.2 Å². The number of rotatable bonds is 3. The van der Waals surface area contributed by atoms with Crippen LogP contribution in [0.15, 0.2) is 18.2 Å². The van der Waals surface area contributed by atoms with Gasteiger partial charge in [0, 0.05) is 25.3 Å². The molecule has 106 valence electrons. The highest BCUT2D eigenvalue weighted by Gasteiger charge is 2.24. The average molecular weight is 261 g/mol. The minimum Gasteiger partial charge on any atom is -0.366 e. The molecule has 1 atom stereocenters. The van der Waals surface area contributed by atoms with E-state index in [4.69, 9.17) is 0 Å². The third kappa shape index (κ3) is 3.28. The zero-order valence-electron chi connectivity index (χ0n) is 12.7. The summed E-state index contributed by atoms with van der Waals surface area (Å²) in [7, 11) is 4.28. The van der Waals surface area contributed by atoms with Gasteiger partial charge in [0.25, 0.3) is 0 Å². The van der Waals surface area contributed by atoms with Crippen LogP contribution in [0.5, 0.6) is 0 Å². The van der Waals surface area contributed by atoms with E-state index < -0.39 is 0 Å². The zero-order valence-corrected chi connectivity index (χ0v) is 12.7. The molecule has 0 saturated carbocycles. The Labute approximate surface area is 117 Å². The second-order valence-corrected chi connectivity index (χ2v) is 5.76. The number of nitrogens with zero attached hydrogens (tertiary/aromatic N) is 2. The summed E-state index contributed by atoms with van der Waals surface area (Å²) < 4.78 is 0. The molecule has 3 heteroatoms. The van der Waals surface area contributed by atoms with Gasteiger partial charge >= 0.3 is 0 Å². The summed E-state index contributed by atoms with van der Waals surface area (Å²) in [6.07, 6.45) is 1.24. The van der Waals surface area contributed by atoms with E-state index >= 15 is 0 Å². The van der Waals surface area contributed by atoms with Crippen molar-refractivity contribution in [3.05, 3.63) is 29.3 Å². The van der Waals surface area contributed by atoms with E-state index in [-0.39, 0.29) is 0 Å². The molecule has 0 amide bonds. The lowest BCUT2D eigenvalue weighted by molar-refractivity contribution is 0.328. The van der Waals surface area contributed by atoms with Crippen LogP contribution in [-0.2, 0) is 0 Å². The predicted octanol–water partition coefficient (Wildman–Crippen LogP) is 2.03. The van der Waals surface area contributed by atoms with Gasteiger partial charge in [-0.1, -0.05) is 18.2 Å². The number of anilines is 1. The lowest BCUT2D eigenvalue weighted by Gasteiger charge is -2.35. The lowest BCUT2D eigenvalue weighted by atomic mass is 10.1. The number of benzene rings is 1. The van der Waals surface area contributed by atoms with Gasteiger partial charge in [-0.05, 0) is 52.0 Å². The Bertz CT molecular complexity index is 396. The van der Waals surface area contributed by atoms with Gasteiger partial charge in [-0.3, -0.25) is 0 Å². The maximum atomic E-state index is 3.36. The SMILES string of the molecule is CNCC1CN(C)CCCN1c1c(C)cccc1C. The van der Waals surface area contributed by atoms with Crippen molar-refractivity contribution in [2.45, 2.75) is 26.3 Å². The third-order valence-electron chi connectivity index (χ3n) is 4.07. The van der Waals surface area contributed by atoms with Crippen molar-refractivity contribution in [1.82, 2.24) is 10.2 Å². The van der Waals surface area contributed by atoms with E-state index in [1.54, 1.807) is 0 Å². The molecule has 1 aliphatic rings. The first-order valence-electron chi connectivity index (χ1n) is 7.29. The maximum Gasteiger partial charge on any atom is 0.0541 e. The number of hydrogen-bond donors (Lipinski definition) is 1. The summed E-state index contributed by atoms with van der Waals surface area (Å²) in [5.74, 6) is 0. The molecule has 0 bridgehead atoms. The first-order chi connectivity index (χ1) is 9.13. The van der Waals surface area contributed by atoms with Crippen LogP contribution in [0.25, 0.3) is 0 Å². The van der Waals surface area contributed by atoms with Crippen LogP contribution in [0.4, 0.5) is 5.69 Å². The van der Waals surface area contributed by atoms with Crippen molar-refractivity contribution in [2.75, 3.05) is 45.2 Å². The molecule has 3 nitrogen and oxygen atoms in total. The second-order valence-electron chi connectivity index (χ2n) is 5.76. The van der Waals surface area contributed by atoms with Crippen LogP contribution in [0.1, 0.15) is 17.5 Å². The molecule has 1 fully saturated rings. The Hall–Kier alpha value is -1.06. The molecular formula is C16H27N3. The topological polar surface area (TPSA) is 18.5 Å². The zero-order chi connectivity index (χ0) is 13.8. The van der Waals surface area contributed by atoms with Gasteiger partial charge in [0.05, 0.1) is 6.04 Å². The van der Waals surface area contributed by atoms with E-state index in [1.165, 1.54) is 29.8 Å². The fourth-order valence-electron chi connectivity index (χ4n) is 3.21. The number of para-hydroxylation sites is 1. The normalized spacial score (nSPS) is 21.5. The number of hydrogen-bond acceptors (Lipinski definition) is 3. The van der Waals surface area contributed by atoms with Gasteiger partial charge in [0.2, 0.25) is 0 Å². The molecule has 1 saturated heterocycles. The molecule has 1 heterocycles. The van der Waals surface area contributed by atoms with Crippen molar-refractivity contribution in [3.63, 3.8) is 0 Å². The molecule has 1 unspecified atom stereocenters. The summed E-state index contributed by atoms with van der Waals surface area (Å²) in [5.41, 5.74) is 4.23. The minimum atomic E-state index is 0.553. The van der Waals surface area contributed by atoms with Crippen molar-refractivity contribution >= 4 is 5.69 Å². The molecular weight excluding hydrogens is 234 g/mol. The van der Waals surface area contributed by atoms with Gasteiger partial charge in [0.1, 0.15) is 0 Å². The van der Waals surface area contributed by atoms with Gasteiger partial charge in [0.15, 0.2) is 0 Å². The molecule has 1 aliphatic heterocycles. The van der Waals surface area contributed by atoms with Crippen molar-refractivity contribution < 1.29 is 0 Å². The van der Waals surface area contributed by atoms with Crippen molar-refractivity contribution in [1.29, 1.82) is 0 Å². The highest BCUT2D eigenvalue weighted by atomic mass is 15.2. The summed E-state index contributed by atoms with van der Waals surface area (Å²) in [4.78, 5) is 5.07. The quantitative estimate of drug-likeness (QED) is 0.898.